The van der Waals surface area contributed by atoms with Crippen molar-refractivity contribution in [3.63, 3.8) is 0 Å². The van der Waals surface area contributed by atoms with E-state index in [9.17, 15) is 0 Å². The molecule has 3 heterocycles. The minimum atomic E-state index is 0.781. The van der Waals surface area contributed by atoms with Crippen LogP contribution in [0.15, 0.2) is 61.1 Å². The molecule has 4 rings (SSSR count). The maximum absolute atomic E-state index is 8.82. The molecule has 0 saturated carbocycles. The number of hydrogen-bond donors (Lipinski definition) is 0. The van der Waals surface area contributed by atoms with Crippen molar-refractivity contribution < 1.29 is 0 Å². The lowest BCUT2D eigenvalue weighted by atomic mass is 10.1. The van der Waals surface area contributed by atoms with E-state index in [0.29, 0.717) is 0 Å². The normalized spacial score (nSPS) is 10.8. The Bertz CT molecular complexity index is 1030. The highest BCUT2D eigenvalue weighted by atomic mass is 15.3. The summed E-state index contributed by atoms with van der Waals surface area (Å²) < 4.78 is 3.28. The molecule has 0 aliphatic carbocycles. The Morgan fingerprint density at radius 1 is 0.913 bits per heavy atom. The largest absolute Gasteiger partial charge is 0.306 e. The summed E-state index contributed by atoms with van der Waals surface area (Å²) in [6.07, 6.45) is 7.71. The summed E-state index contributed by atoms with van der Waals surface area (Å²) in [4.78, 5) is 4.64. The van der Waals surface area contributed by atoms with Gasteiger partial charge in [-0.05, 0) is 24.6 Å². The average molecular weight is 299 g/mol. The van der Waals surface area contributed by atoms with Crippen molar-refractivity contribution >= 4 is 5.65 Å². The van der Waals surface area contributed by atoms with Gasteiger partial charge in [0.25, 0.3) is 0 Å². The maximum Gasteiger partial charge on any atom is 0.206 e. The van der Waals surface area contributed by atoms with E-state index in [-0.39, 0.29) is 0 Å². The number of nitrogens with zero attached hydrogens (tertiary/aromatic N) is 5. The van der Waals surface area contributed by atoms with Crippen molar-refractivity contribution in [2.24, 2.45) is 0 Å². The van der Waals surface area contributed by atoms with Gasteiger partial charge in [-0.15, -0.1) is 0 Å². The van der Waals surface area contributed by atoms with Gasteiger partial charge in [-0.1, -0.05) is 30.3 Å². The molecule has 0 atom stereocenters. The third kappa shape index (κ3) is 2.36. The Balaban J connectivity index is 1.70. The molecule has 5 nitrogen and oxygen atoms in total. The Labute approximate surface area is 133 Å². The Morgan fingerprint density at radius 2 is 1.65 bits per heavy atom. The summed E-state index contributed by atoms with van der Waals surface area (Å²) in [6.45, 7) is 2.06. The molecule has 110 valence electrons. The number of nitriles is 1. The summed E-state index contributed by atoms with van der Waals surface area (Å²) in [7, 11) is 0. The topological polar surface area (TPSA) is 58.9 Å². The number of aromatic nitrogens is 4. The van der Waals surface area contributed by atoms with E-state index in [1.165, 1.54) is 10.2 Å². The second-order valence-electron chi connectivity index (χ2n) is 5.42. The fraction of sp³-hybridized carbons (Fsp3) is 0.0556. The first-order chi connectivity index (χ1) is 11.2. The van der Waals surface area contributed by atoms with Crippen LogP contribution in [0.25, 0.3) is 28.2 Å². The van der Waals surface area contributed by atoms with Crippen molar-refractivity contribution in [2.45, 2.75) is 6.92 Å². The molecule has 0 amide bonds. The van der Waals surface area contributed by atoms with Gasteiger partial charge < -0.3 is 4.40 Å². The van der Waals surface area contributed by atoms with Crippen LogP contribution in [0.4, 0.5) is 0 Å². The number of aryl methyl sites for hydroxylation is 1. The van der Waals surface area contributed by atoms with Gasteiger partial charge in [0.15, 0.2) is 0 Å². The molecule has 5 heteroatoms. The fourth-order valence-electron chi connectivity index (χ4n) is 2.59. The summed E-state index contributed by atoms with van der Waals surface area (Å²) in [5.41, 5.74) is 5.87. The molecule has 0 spiro atoms. The van der Waals surface area contributed by atoms with Crippen molar-refractivity contribution in [1.82, 2.24) is 19.2 Å². The first kappa shape index (κ1) is 13.3. The number of hydrogen-bond acceptors (Lipinski definition) is 3. The van der Waals surface area contributed by atoms with Crippen LogP contribution in [0, 0.1) is 18.4 Å². The number of rotatable bonds is 2. The molecule has 3 aromatic heterocycles. The average Bonchev–Trinajstić information content (AvgIpc) is 3.21. The highest BCUT2D eigenvalue weighted by Crippen LogP contribution is 2.23. The van der Waals surface area contributed by atoms with Gasteiger partial charge in [0, 0.05) is 29.7 Å². The van der Waals surface area contributed by atoms with Crippen molar-refractivity contribution in [1.29, 1.82) is 5.26 Å². The lowest BCUT2D eigenvalue weighted by molar-refractivity contribution is 0.902. The molecule has 0 aliphatic heterocycles. The summed E-state index contributed by atoms with van der Waals surface area (Å²) in [5.74, 6) is 0. The highest BCUT2D eigenvalue weighted by molar-refractivity contribution is 5.68. The van der Waals surface area contributed by atoms with Gasteiger partial charge in [0.05, 0.1) is 11.4 Å². The summed E-state index contributed by atoms with van der Waals surface area (Å²) in [6, 6.07) is 13.9. The van der Waals surface area contributed by atoms with Crippen molar-refractivity contribution in [3.05, 3.63) is 66.6 Å². The minimum Gasteiger partial charge on any atom is -0.306 e. The van der Waals surface area contributed by atoms with E-state index in [4.69, 9.17) is 5.26 Å². The van der Waals surface area contributed by atoms with E-state index in [0.717, 1.165) is 28.2 Å². The highest BCUT2D eigenvalue weighted by Gasteiger charge is 2.06. The molecular weight excluding hydrogens is 286 g/mol. The predicted molar refractivity (Wildman–Crippen MR) is 87.6 cm³/mol. The molecule has 0 aliphatic rings. The first-order valence-corrected chi connectivity index (χ1v) is 7.25. The molecule has 0 radical (unpaired) electrons. The van der Waals surface area contributed by atoms with Gasteiger partial charge in [0.1, 0.15) is 5.65 Å². The molecule has 23 heavy (non-hydrogen) atoms. The fourth-order valence-corrected chi connectivity index (χ4v) is 2.59. The molecule has 0 bridgehead atoms. The SMILES string of the molecule is Cc1ccc2nc(-c3ccc(-c4ccn(C#N)n4)cc3)cn2c1. The molecule has 0 fully saturated rings. The van der Waals surface area contributed by atoms with Crippen LogP contribution in [-0.2, 0) is 0 Å². The third-order valence-electron chi connectivity index (χ3n) is 3.77. The van der Waals surface area contributed by atoms with E-state index in [1.807, 2.05) is 53.2 Å². The zero-order chi connectivity index (χ0) is 15.8. The van der Waals surface area contributed by atoms with Gasteiger partial charge in [-0.2, -0.15) is 15.0 Å². The van der Waals surface area contributed by atoms with Gasteiger partial charge >= 0.3 is 0 Å². The second kappa shape index (κ2) is 5.11. The minimum absolute atomic E-state index is 0.781. The van der Waals surface area contributed by atoms with Crippen LogP contribution in [-0.4, -0.2) is 19.2 Å². The zero-order valence-electron chi connectivity index (χ0n) is 12.5. The van der Waals surface area contributed by atoms with Crippen LogP contribution in [0.2, 0.25) is 0 Å². The standard InChI is InChI=1S/C18H13N5/c1-13-2-7-18-20-17(11-22(18)10-13)15-5-3-14(4-6-15)16-8-9-23(12-19)21-16/h2-11H,1H3. The van der Waals surface area contributed by atoms with E-state index < -0.39 is 0 Å². The molecule has 0 saturated heterocycles. The molecule has 4 aromatic rings. The van der Waals surface area contributed by atoms with Crippen molar-refractivity contribution in [2.75, 3.05) is 0 Å². The Morgan fingerprint density at radius 3 is 2.35 bits per heavy atom. The van der Waals surface area contributed by atoms with Crippen LogP contribution in [0.3, 0.4) is 0 Å². The van der Waals surface area contributed by atoms with E-state index in [1.54, 1.807) is 6.20 Å². The first-order valence-electron chi connectivity index (χ1n) is 7.25. The molecule has 1 aromatic carbocycles. The third-order valence-corrected chi connectivity index (χ3v) is 3.77. The monoisotopic (exact) mass is 299 g/mol. The predicted octanol–water partition coefficient (Wildman–Crippen LogP) is 3.50. The Hall–Kier alpha value is -3.39. The second-order valence-corrected chi connectivity index (χ2v) is 5.42. The lowest BCUT2D eigenvalue weighted by Crippen LogP contribution is -1.88. The van der Waals surface area contributed by atoms with Gasteiger partial charge in [0.2, 0.25) is 6.19 Å². The summed E-state index contributed by atoms with van der Waals surface area (Å²) >= 11 is 0. The van der Waals surface area contributed by atoms with E-state index >= 15 is 0 Å². The van der Waals surface area contributed by atoms with Crippen molar-refractivity contribution in [3.8, 4) is 28.7 Å². The number of pyridine rings is 1. The lowest BCUT2D eigenvalue weighted by Gasteiger charge is -1.99. The smallest absolute Gasteiger partial charge is 0.206 e. The number of benzene rings is 1. The van der Waals surface area contributed by atoms with Gasteiger partial charge in [-0.25, -0.2) is 4.98 Å². The zero-order valence-corrected chi connectivity index (χ0v) is 12.5. The summed E-state index contributed by atoms with van der Waals surface area (Å²) in [5, 5.41) is 13.0. The Kier molecular flexibility index (Phi) is 2.95. The molecule has 0 N–H and O–H groups in total. The molecular formula is C18H13N5. The van der Waals surface area contributed by atoms with Crippen LogP contribution in [0.5, 0.6) is 0 Å². The van der Waals surface area contributed by atoms with Gasteiger partial charge in [-0.3, -0.25) is 0 Å². The molecule has 0 unspecified atom stereocenters. The van der Waals surface area contributed by atoms with Crippen LogP contribution < -0.4 is 0 Å². The maximum atomic E-state index is 8.82. The quantitative estimate of drug-likeness (QED) is 0.569. The number of fused-ring (bicyclic) bond motifs is 1. The van der Waals surface area contributed by atoms with Crippen LogP contribution >= 0.6 is 0 Å². The van der Waals surface area contributed by atoms with E-state index in [2.05, 4.69) is 29.3 Å². The van der Waals surface area contributed by atoms with Crippen LogP contribution in [0.1, 0.15) is 5.56 Å². The number of imidazole rings is 1.